The first-order valence-corrected chi connectivity index (χ1v) is 8.71. The van der Waals surface area contributed by atoms with E-state index in [-0.39, 0.29) is 16.1 Å². The zero-order valence-electron chi connectivity index (χ0n) is 10.0. The first-order valence-electron chi connectivity index (χ1n) is 5.61. The molecular weight excluding hydrogens is 377 g/mol. The molecule has 0 bridgehead atoms. The number of rotatable bonds is 3. The number of carbonyl (C=O) groups is 1. The van der Waals surface area contributed by atoms with Crippen LogP contribution < -0.4 is 5.32 Å². The van der Waals surface area contributed by atoms with Gasteiger partial charge in [0.15, 0.2) is 0 Å². The number of halogens is 3. The molecule has 1 aliphatic rings. The molecule has 1 aromatic rings. The summed E-state index contributed by atoms with van der Waals surface area (Å²) in [5, 5.41) is 2.68. The third kappa shape index (κ3) is 3.49. The second-order valence-corrected chi connectivity index (χ2v) is 7.62. The van der Waals surface area contributed by atoms with Crippen LogP contribution in [0.3, 0.4) is 0 Å². The molecule has 1 heterocycles. The Bertz CT molecular complexity index is 646. The van der Waals surface area contributed by atoms with Crippen molar-refractivity contribution < 1.29 is 22.3 Å². The summed E-state index contributed by atoms with van der Waals surface area (Å²) in [7, 11) is 0.867. The average molecular weight is 387 g/mol. The summed E-state index contributed by atoms with van der Waals surface area (Å²) >= 11 is 3.03. The van der Waals surface area contributed by atoms with Gasteiger partial charge in [-0.25, -0.2) is 12.8 Å². The van der Waals surface area contributed by atoms with Gasteiger partial charge in [0.05, 0.1) is 18.2 Å². The van der Waals surface area contributed by atoms with Crippen LogP contribution >= 0.6 is 26.6 Å². The molecule has 5 nitrogen and oxygen atoms in total. The Labute approximate surface area is 128 Å². The highest BCUT2D eigenvalue weighted by molar-refractivity contribution is 9.10. The fourth-order valence-corrected chi connectivity index (χ4v) is 3.20. The van der Waals surface area contributed by atoms with E-state index in [1.54, 1.807) is 0 Å². The third-order valence-electron chi connectivity index (χ3n) is 2.79. The lowest BCUT2D eigenvalue weighted by Gasteiger charge is -2.12. The number of amides is 1. The smallest absolute Gasteiger partial charge is 0.264 e. The van der Waals surface area contributed by atoms with Crippen molar-refractivity contribution in [3.8, 4) is 0 Å². The van der Waals surface area contributed by atoms with Crippen LogP contribution in [-0.4, -0.2) is 33.6 Å². The van der Waals surface area contributed by atoms with Gasteiger partial charge in [-0.05, 0) is 34.5 Å². The molecule has 1 N–H and O–H groups in total. The van der Waals surface area contributed by atoms with Gasteiger partial charge in [-0.1, -0.05) is 0 Å². The second-order valence-electron chi connectivity index (χ2n) is 4.23. The van der Waals surface area contributed by atoms with Crippen molar-refractivity contribution in [3.05, 3.63) is 28.0 Å². The van der Waals surface area contributed by atoms with E-state index >= 15 is 0 Å². The summed E-state index contributed by atoms with van der Waals surface area (Å²) in [5.74, 6) is -1.54. The normalized spacial score (nSPS) is 19.1. The Hall–Kier alpha value is -0.700. The molecule has 20 heavy (non-hydrogen) atoms. The van der Waals surface area contributed by atoms with Gasteiger partial charge < -0.3 is 10.1 Å². The summed E-state index contributed by atoms with van der Waals surface area (Å²) in [6.45, 7) is 0.946. The van der Waals surface area contributed by atoms with E-state index in [2.05, 4.69) is 21.2 Å². The number of nitrogens with one attached hydrogen (secondary N) is 1. The van der Waals surface area contributed by atoms with Crippen molar-refractivity contribution in [2.75, 3.05) is 13.2 Å². The van der Waals surface area contributed by atoms with E-state index in [1.807, 2.05) is 0 Å². The summed E-state index contributed by atoms with van der Waals surface area (Å²) in [6, 6.07) is 1.66. The summed E-state index contributed by atoms with van der Waals surface area (Å²) in [4.78, 5) is 11.3. The molecule has 1 unspecified atom stereocenters. The number of hydrogen-bond donors (Lipinski definition) is 1. The molecule has 0 spiro atoms. The van der Waals surface area contributed by atoms with E-state index < -0.39 is 25.7 Å². The third-order valence-corrected chi connectivity index (χ3v) is 4.79. The molecule has 0 radical (unpaired) electrons. The van der Waals surface area contributed by atoms with E-state index in [9.17, 15) is 17.6 Å². The van der Waals surface area contributed by atoms with Crippen LogP contribution in [-0.2, 0) is 13.8 Å². The van der Waals surface area contributed by atoms with Gasteiger partial charge in [-0.3, -0.25) is 4.79 Å². The number of benzene rings is 1. The lowest BCUT2D eigenvalue weighted by atomic mass is 10.2. The predicted octanol–water partition coefficient (Wildman–Crippen LogP) is 2.03. The first-order chi connectivity index (χ1) is 9.29. The molecule has 1 amide bonds. The van der Waals surface area contributed by atoms with Gasteiger partial charge >= 0.3 is 0 Å². The zero-order valence-corrected chi connectivity index (χ0v) is 13.2. The predicted molar refractivity (Wildman–Crippen MR) is 73.8 cm³/mol. The maximum absolute atomic E-state index is 13.5. The molecule has 0 aromatic heterocycles. The molecule has 9 heteroatoms. The minimum absolute atomic E-state index is 0.00229. The van der Waals surface area contributed by atoms with E-state index in [1.165, 1.54) is 0 Å². The molecule has 110 valence electrons. The molecule has 1 fully saturated rings. The number of hydrogen-bond acceptors (Lipinski definition) is 4. The number of ether oxygens (including phenoxy) is 1. The second kappa shape index (κ2) is 5.97. The molecule has 1 saturated heterocycles. The van der Waals surface area contributed by atoms with Gasteiger partial charge in [0, 0.05) is 21.8 Å². The fraction of sp³-hybridized carbons (Fsp3) is 0.364. The monoisotopic (exact) mass is 385 g/mol. The quantitative estimate of drug-likeness (QED) is 0.807. The van der Waals surface area contributed by atoms with E-state index in [4.69, 9.17) is 15.4 Å². The lowest BCUT2D eigenvalue weighted by Crippen LogP contribution is -2.35. The highest BCUT2D eigenvalue weighted by atomic mass is 79.9. The Morgan fingerprint density at radius 3 is 2.75 bits per heavy atom. The van der Waals surface area contributed by atoms with Crippen LogP contribution in [0, 0.1) is 5.82 Å². The van der Waals surface area contributed by atoms with Crippen molar-refractivity contribution in [1.29, 1.82) is 0 Å². The highest BCUT2D eigenvalue weighted by Gasteiger charge is 2.24. The van der Waals surface area contributed by atoms with Gasteiger partial charge in [0.2, 0.25) is 0 Å². The molecule has 2 rings (SSSR count). The largest absolute Gasteiger partial charge is 0.379 e. The molecule has 0 aliphatic carbocycles. The van der Waals surface area contributed by atoms with Crippen molar-refractivity contribution in [2.45, 2.75) is 17.4 Å². The van der Waals surface area contributed by atoms with Crippen LogP contribution in [0.5, 0.6) is 0 Å². The minimum atomic E-state index is -4.26. The maximum Gasteiger partial charge on any atom is 0.264 e. The number of carbonyl (C=O) groups excluding carboxylic acids is 1. The Morgan fingerprint density at radius 2 is 2.20 bits per heavy atom. The van der Waals surface area contributed by atoms with Gasteiger partial charge in [0.25, 0.3) is 15.0 Å². The van der Waals surface area contributed by atoms with Crippen LogP contribution in [0.15, 0.2) is 21.5 Å². The fourth-order valence-electron chi connectivity index (χ4n) is 1.80. The maximum atomic E-state index is 13.5. The Balaban J connectivity index is 2.33. The summed E-state index contributed by atoms with van der Waals surface area (Å²) in [6.07, 6.45) is 0.672. The van der Waals surface area contributed by atoms with Gasteiger partial charge in [0.1, 0.15) is 10.7 Å². The SMILES string of the molecule is O=C(NC1CCOC1)c1cc(S(=O)(=O)Cl)c(F)cc1Br. The van der Waals surface area contributed by atoms with Crippen molar-refractivity contribution >= 4 is 41.6 Å². The minimum Gasteiger partial charge on any atom is -0.379 e. The topological polar surface area (TPSA) is 72.5 Å². The molecule has 1 aliphatic heterocycles. The van der Waals surface area contributed by atoms with Crippen molar-refractivity contribution in [1.82, 2.24) is 5.32 Å². The van der Waals surface area contributed by atoms with E-state index in [0.717, 1.165) is 12.1 Å². The summed E-state index contributed by atoms with van der Waals surface area (Å²) in [5.41, 5.74) is -0.00229. The van der Waals surface area contributed by atoms with Gasteiger partial charge in [-0.15, -0.1) is 0 Å². The van der Waals surface area contributed by atoms with Crippen LogP contribution in [0.25, 0.3) is 0 Å². The first kappa shape index (κ1) is 15.7. The lowest BCUT2D eigenvalue weighted by molar-refractivity contribution is 0.0929. The van der Waals surface area contributed by atoms with Crippen LogP contribution in [0.4, 0.5) is 4.39 Å². The molecule has 1 aromatic carbocycles. The Morgan fingerprint density at radius 1 is 1.50 bits per heavy atom. The molecule has 1 atom stereocenters. The molecule has 0 saturated carbocycles. The molecular formula is C11H10BrClFNO4S. The average Bonchev–Trinajstić information content (AvgIpc) is 2.79. The van der Waals surface area contributed by atoms with E-state index in [0.29, 0.717) is 19.6 Å². The van der Waals surface area contributed by atoms with Crippen molar-refractivity contribution in [3.63, 3.8) is 0 Å². The van der Waals surface area contributed by atoms with Gasteiger partial charge in [-0.2, -0.15) is 0 Å². The Kier molecular flexibility index (Phi) is 4.68. The van der Waals surface area contributed by atoms with Crippen molar-refractivity contribution in [2.24, 2.45) is 0 Å². The highest BCUT2D eigenvalue weighted by Crippen LogP contribution is 2.26. The summed E-state index contributed by atoms with van der Waals surface area (Å²) < 4.78 is 41.3. The standard InChI is InChI=1S/C11H10BrClFNO4S/c12-8-4-9(14)10(20(13,17)18)3-7(8)11(16)15-6-1-2-19-5-6/h3-4,6H,1-2,5H2,(H,15,16). The zero-order chi connectivity index (χ0) is 14.9. The van der Waals surface area contributed by atoms with Crippen LogP contribution in [0.1, 0.15) is 16.8 Å². The van der Waals surface area contributed by atoms with Crippen LogP contribution in [0.2, 0.25) is 0 Å².